The lowest BCUT2D eigenvalue weighted by molar-refractivity contribution is 0.158. The number of alkyl halides is 2. The zero-order chi connectivity index (χ0) is 11.1. The SMILES string of the molecule is NC(=NCC(F)F)NC1CCCCCC1. The molecule has 0 atom stereocenters. The van der Waals surface area contributed by atoms with Gasteiger partial charge in [0, 0.05) is 6.04 Å². The van der Waals surface area contributed by atoms with Crippen LogP contribution in [0.3, 0.4) is 0 Å². The van der Waals surface area contributed by atoms with E-state index in [0.717, 1.165) is 12.8 Å². The van der Waals surface area contributed by atoms with E-state index in [0.29, 0.717) is 6.04 Å². The Morgan fingerprint density at radius 2 is 1.87 bits per heavy atom. The molecular weight excluding hydrogens is 200 g/mol. The Morgan fingerprint density at radius 1 is 1.27 bits per heavy atom. The molecule has 1 saturated carbocycles. The van der Waals surface area contributed by atoms with Crippen molar-refractivity contribution in [2.75, 3.05) is 6.54 Å². The van der Waals surface area contributed by atoms with Gasteiger partial charge in [0.2, 0.25) is 0 Å². The van der Waals surface area contributed by atoms with Gasteiger partial charge in [-0.05, 0) is 12.8 Å². The van der Waals surface area contributed by atoms with Crippen LogP contribution in [0.2, 0.25) is 0 Å². The first kappa shape index (κ1) is 12.2. The molecule has 0 aliphatic heterocycles. The van der Waals surface area contributed by atoms with Crippen LogP contribution in [0.4, 0.5) is 8.78 Å². The molecule has 88 valence electrons. The van der Waals surface area contributed by atoms with E-state index in [4.69, 9.17) is 5.73 Å². The van der Waals surface area contributed by atoms with Gasteiger partial charge in [0.1, 0.15) is 6.54 Å². The molecule has 0 unspecified atom stereocenters. The van der Waals surface area contributed by atoms with Gasteiger partial charge in [-0.2, -0.15) is 0 Å². The molecule has 1 aliphatic rings. The molecule has 0 bridgehead atoms. The van der Waals surface area contributed by atoms with Crippen LogP contribution < -0.4 is 11.1 Å². The van der Waals surface area contributed by atoms with Gasteiger partial charge < -0.3 is 11.1 Å². The van der Waals surface area contributed by atoms with Crippen LogP contribution in [-0.2, 0) is 0 Å². The van der Waals surface area contributed by atoms with Crippen molar-refractivity contribution in [2.45, 2.75) is 51.0 Å². The topological polar surface area (TPSA) is 50.4 Å². The van der Waals surface area contributed by atoms with Crippen LogP contribution in [-0.4, -0.2) is 25.0 Å². The minimum Gasteiger partial charge on any atom is -0.370 e. The quantitative estimate of drug-likeness (QED) is 0.432. The standard InChI is InChI=1S/C10H19F2N3/c11-9(12)7-14-10(13)15-8-5-3-1-2-4-6-8/h8-9H,1-7H2,(H3,13,14,15). The van der Waals surface area contributed by atoms with Gasteiger partial charge in [-0.25, -0.2) is 13.8 Å². The van der Waals surface area contributed by atoms with Crippen LogP contribution in [0.15, 0.2) is 4.99 Å². The summed E-state index contributed by atoms with van der Waals surface area (Å²) in [5.74, 6) is 0.155. The molecule has 5 heteroatoms. The minimum atomic E-state index is -2.42. The van der Waals surface area contributed by atoms with Crippen molar-refractivity contribution < 1.29 is 8.78 Å². The summed E-state index contributed by atoms with van der Waals surface area (Å²) < 4.78 is 23.7. The number of halogens is 2. The van der Waals surface area contributed by atoms with Crippen LogP contribution in [0.5, 0.6) is 0 Å². The fourth-order valence-corrected chi connectivity index (χ4v) is 1.85. The molecule has 3 nitrogen and oxygen atoms in total. The predicted octanol–water partition coefficient (Wildman–Crippen LogP) is 1.88. The Hall–Kier alpha value is -0.870. The molecule has 0 radical (unpaired) electrons. The number of nitrogens with zero attached hydrogens (tertiary/aromatic N) is 1. The fraction of sp³-hybridized carbons (Fsp3) is 0.900. The summed E-state index contributed by atoms with van der Waals surface area (Å²) in [6.07, 6.45) is 4.58. The first-order valence-electron chi connectivity index (χ1n) is 5.53. The minimum absolute atomic E-state index is 0.155. The number of hydrogen-bond acceptors (Lipinski definition) is 1. The molecule has 0 aromatic heterocycles. The van der Waals surface area contributed by atoms with Crippen LogP contribution in [0, 0.1) is 0 Å². The van der Waals surface area contributed by atoms with Crippen LogP contribution >= 0.6 is 0 Å². The van der Waals surface area contributed by atoms with Gasteiger partial charge >= 0.3 is 0 Å². The number of aliphatic imine (C=N–C) groups is 1. The molecule has 1 aliphatic carbocycles. The summed E-state index contributed by atoms with van der Waals surface area (Å²) in [4.78, 5) is 3.58. The lowest BCUT2D eigenvalue weighted by atomic mass is 10.1. The molecule has 0 spiro atoms. The van der Waals surface area contributed by atoms with E-state index >= 15 is 0 Å². The molecule has 0 saturated heterocycles. The molecule has 0 heterocycles. The van der Waals surface area contributed by atoms with Crippen LogP contribution in [0.1, 0.15) is 38.5 Å². The zero-order valence-corrected chi connectivity index (χ0v) is 8.88. The third kappa shape index (κ3) is 5.54. The van der Waals surface area contributed by atoms with E-state index in [2.05, 4.69) is 10.3 Å². The van der Waals surface area contributed by atoms with Crippen molar-refractivity contribution in [3.8, 4) is 0 Å². The largest absolute Gasteiger partial charge is 0.370 e. The smallest absolute Gasteiger partial charge is 0.257 e. The highest BCUT2D eigenvalue weighted by atomic mass is 19.3. The number of rotatable bonds is 3. The Labute approximate surface area is 89.1 Å². The third-order valence-corrected chi connectivity index (χ3v) is 2.61. The Morgan fingerprint density at radius 3 is 2.40 bits per heavy atom. The first-order chi connectivity index (χ1) is 7.18. The Balaban J connectivity index is 2.28. The second-order valence-electron chi connectivity index (χ2n) is 3.95. The molecule has 1 fully saturated rings. The maximum absolute atomic E-state index is 11.8. The van der Waals surface area contributed by atoms with Crippen LogP contribution in [0.25, 0.3) is 0 Å². The summed E-state index contributed by atoms with van der Waals surface area (Å²) in [5, 5.41) is 3.01. The van der Waals surface area contributed by atoms with Gasteiger partial charge in [0.05, 0.1) is 0 Å². The summed E-state index contributed by atoms with van der Waals surface area (Å²) >= 11 is 0. The lowest BCUT2D eigenvalue weighted by Crippen LogP contribution is -2.40. The van der Waals surface area contributed by atoms with Crippen molar-refractivity contribution >= 4 is 5.96 Å². The van der Waals surface area contributed by atoms with E-state index in [1.54, 1.807) is 0 Å². The molecule has 3 N–H and O–H groups in total. The Bertz CT molecular complexity index is 199. The van der Waals surface area contributed by atoms with Crippen molar-refractivity contribution in [1.29, 1.82) is 0 Å². The fourth-order valence-electron chi connectivity index (χ4n) is 1.85. The van der Waals surface area contributed by atoms with Gasteiger partial charge in [-0.1, -0.05) is 25.7 Å². The summed E-state index contributed by atoms with van der Waals surface area (Å²) in [6.45, 7) is -0.508. The van der Waals surface area contributed by atoms with Crippen molar-refractivity contribution in [3.05, 3.63) is 0 Å². The van der Waals surface area contributed by atoms with Crippen molar-refractivity contribution in [1.82, 2.24) is 5.32 Å². The maximum atomic E-state index is 11.8. The molecular formula is C10H19F2N3. The number of nitrogens with one attached hydrogen (secondary N) is 1. The second-order valence-corrected chi connectivity index (χ2v) is 3.95. The average molecular weight is 219 g/mol. The molecule has 1 rings (SSSR count). The summed E-state index contributed by atoms with van der Waals surface area (Å²) in [5.41, 5.74) is 5.51. The number of hydrogen-bond donors (Lipinski definition) is 2. The molecule has 0 amide bonds. The van der Waals surface area contributed by atoms with Gasteiger partial charge in [0.15, 0.2) is 5.96 Å². The van der Waals surface area contributed by atoms with E-state index in [1.807, 2.05) is 0 Å². The van der Waals surface area contributed by atoms with Crippen molar-refractivity contribution in [2.24, 2.45) is 10.7 Å². The third-order valence-electron chi connectivity index (χ3n) is 2.61. The molecule has 0 aromatic carbocycles. The highest BCUT2D eigenvalue weighted by molar-refractivity contribution is 5.78. The van der Waals surface area contributed by atoms with E-state index in [9.17, 15) is 8.78 Å². The number of guanidine groups is 1. The van der Waals surface area contributed by atoms with Crippen molar-refractivity contribution in [3.63, 3.8) is 0 Å². The molecule has 0 aromatic rings. The van der Waals surface area contributed by atoms with Gasteiger partial charge in [-0.3, -0.25) is 0 Å². The highest BCUT2D eigenvalue weighted by Gasteiger charge is 2.12. The Kier molecular flexibility index (Phi) is 5.36. The van der Waals surface area contributed by atoms with E-state index < -0.39 is 13.0 Å². The average Bonchev–Trinajstić information content (AvgIpc) is 2.43. The highest BCUT2D eigenvalue weighted by Crippen LogP contribution is 2.16. The zero-order valence-electron chi connectivity index (χ0n) is 8.88. The van der Waals surface area contributed by atoms with E-state index in [-0.39, 0.29) is 5.96 Å². The lowest BCUT2D eigenvalue weighted by Gasteiger charge is -2.16. The monoisotopic (exact) mass is 219 g/mol. The normalized spacial score (nSPS) is 20.3. The summed E-state index contributed by atoms with van der Waals surface area (Å²) in [6, 6.07) is 0.314. The summed E-state index contributed by atoms with van der Waals surface area (Å²) in [7, 11) is 0. The van der Waals surface area contributed by atoms with Gasteiger partial charge in [-0.15, -0.1) is 0 Å². The predicted molar refractivity (Wildman–Crippen MR) is 57.1 cm³/mol. The van der Waals surface area contributed by atoms with E-state index in [1.165, 1.54) is 25.7 Å². The maximum Gasteiger partial charge on any atom is 0.257 e. The number of nitrogens with two attached hydrogens (primary N) is 1. The molecule has 15 heavy (non-hydrogen) atoms. The first-order valence-corrected chi connectivity index (χ1v) is 5.53. The van der Waals surface area contributed by atoms with Gasteiger partial charge in [0.25, 0.3) is 6.43 Å². The second kappa shape index (κ2) is 6.58.